The quantitative estimate of drug-likeness (QED) is 0.456. The molecule has 0 unspecified atom stereocenters. The van der Waals surface area contributed by atoms with E-state index in [1.54, 1.807) is 55.7 Å². The van der Waals surface area contributed by atoms with E-state index in [0.717, 1.165) is 10.6 Å². The first-order valence-electron chi connectivity index (χ1n) is 10.9. The van der Waals surface area contributed by atoms with Crippen molar-refractivity contribution in [2.75, 3.05) is 19.8 Å². The van der Waals surface area contributed by atoms with Gasteiger partial charge in [-0.15, -0.1) is 0 Å². The molecule has 34 heavy (non-hydrogen) atoms. The Hall–Kier alpha value is -4.08. The molecule has 5 rings (SSSR count). The van der Waals surface area contributed by atoms with Crippen LogP contribution in [0.1, 0.15) is 40.0 Å². The van der Waals surface area contributed by atoms with E-state index in [2.05, 4.69) is 10.5 Å². The van der Waals surface area contributed by atoms with Gasteiger partial charge >= 0.3 is 6.03 Å². The van der Waals surface area contributed by atoms with Gasteiger partial charge in [-0.25, -0.2) is 4.79 Å². The molecule has 3 amide bonds. The normalized spacial score (nSPS) is 19.5. The van der Waals surface area contributed by atoms with Crippen LogP contribution < -0.4 is 14.8 Å². The van der Waals surface area contributed by atoms with Gasteiger partial charge in [0.1, 0.15) is 24.5 Å². The molecule has 4 heterocycles. The lowest BCUT2D eigenvalue weighted by atomic mass is 9.91. The first kappa shape index (κ1) is 21.7. The van der Waals surface area contributed by atoms with Crippen molar-refractivity contribution in [3.8, 4) is 17.3 Å². The highest BCUT2D eigenvalue weighted by Gasteiger charge is 2.50. The number of hydrogen-bond donors (Lipinski definition) is 1. The van der Waals surface area contributed by atoms with E-state index >= 15 is 0 Å². The summed E-state index contributed by atoms with van der Waals surface area (Å²) in [6.07, 6.45) is 0. The van der Waals surface area contributed by atoms with E-state index in [1.807, 2.05) is 6.92 Å². The van der Waals surface area contributed by atoms with Crippen LogP contribution in [-0.2, 0) is 10.3 Å². The number of aryl methyl sites for hydroxylation is 2. The van der Waals surface area contributed by atoms with Gasteiger partial charge in [-0.3, -0.25) is 19.1 Å². The smallest absolute Gasteiger partial charge is 0.325 e. The molecule has 0 aliphatic carbocycles. The summed E-state index contributed by atoms with van der Waals surface area (Å²) in [5, 5.41) is 6.75. The highest BCUT2D eigenvalue weighted by molar-refractivity contribution is 6.11. The maximum absolute atomic E-state index is 13.3. The number of fused-ring (bicyclic) bond motifs is 1. The highest BCUT2D eigenvalue weighted by atomic mass is 16.6. The molecular formula is C24H24N4O6. The molecule has 2 aliphatic heterocycles. The molecule has 176 valence electrons. The SMILES string of the molecule is Cc1cc(-n2c(C)cc(C(=O)CN3C(=O)N[C@](C)(c4ccc5c(c4)OCCO5)C3=O)c2C)no1. The fourth-order valence-corrected chi connectivity index (χ4v) is 4.48. The molecule has 0 bridgehead atoms. The lowest BCUT2D eigenvalue weighted by Crippen LogP contribution is -2.41. The summed E-state index contributed by atoms with van der Waals surface area (Å²) in [5.41, 5.74) is 1.06. The zero-order valence-electron chi connectivity index (χ0n) is 19.3. The van der Waals surface area contributed by atoms with Crippen LogP contribution in [0, 0.1) is 20.8 Å². The average Bonchev–Trinajstić information content (AvgIpc) is 3.43. The molecule has 1 atom stereocenters. The minimum atomic E-state index is -1.33. The highest BCUT2D eigenvalue weighted by Crippen LogP contribution is 2.37. The lowest BCUT2D eigenvalue weighted by Gasteiger charge is -2.25. The van der Waals surface area contributed by atoms with Crippen molar-refractivity contribution in [2.45, 2.75) is 33.2 Å². The molecule has 0 radical (unpaired) electrons. The number of hydrogen-bond acceptors (Lipinski definition) is 7. The summed E-state index contributed by atoms with van der Waals surface area (Å²) in [5.74, 6) is 1.44. The third-order valence-corrected chi connectivity index (χ3v) is 6.27. The van der Waals surface area contributed by atoms with Crippen LogP contribution in [0.5, 0.6) is 11.5 Å². The number of benzene rings is 1. The van der Waals surface area contributed by atoms with Gasteiger partial charge in [0.05, 0.1) is 6.54 Å². The van der Waals surface area contributed by atoms with E-state index in [0.29, 0.717) is 53.1 Å². The number of rotatable bonds is 5. The van der Waals surface area contributed by atoms with Crippen molar-refractivity contribution in [1.29, 1.82) is 0 Å². The molecular weight excluding hydrogens is 440 g/mol. The first-order valence-corrected chi connectivity index (χ1v) is 10.9. The number of carbonyl (C=O) groups excluding carboxylic acids is 3. The number of urea groups is 1. The van der Waals surface area contributed by atoms with Crippen LogP contribution in [-0.4, -0.2) is 52.1 Å². The summed E-state index contributed by atoms with van der Waals surface area (Å²) in [7, 11) is 0. The number of nitrogens with zero attached hydrogens (tertiary/aromatic N) is 3. The standard InChI is InChI=1S/C24H24N4O6/c1-13-9-17(15(3)28(13)21-10-14(2)34-26-21)18(29)12-27-22(30)24(4,25-23(27)31)16-5-6-19-20(11-16)33-8-7-32-19/h5-6,9-11H,7-8,12H2,1-4H3,(H,25,31)/t24-/m1/s1. The Morgan fingerprint density at radius 3 is 2.53 bits per heavy atom. The number of imide groups is 1. The van der Waals surface area contributed by atoms with Gasteiger partial charge < -0.3 is 19.3 Å². The molecule has 1 fully saturated rings. The molecule has 3 aromatic rings. The van der Waals surface area contributed by atoms with E-state index in [4.69, 9.17) is 14.0 Å². The molecule has 1 aromatic carbocycles. The van der Waals surface area contributed by atoms with E-state index in [-0.39, 0.29) is 12.3 Å². The third kappa shape index (κ3) is 3.33. The molecule has 1 N–H and O–H groups in total. The average molecular weight is 464 g/mol. The summed E-state index contributed by atoms with van der Waals surface area (Å²) in [4.78, 5) is 40.2. The monoisotopic (exact) mass is 464 g/mol. The molecule has 1 saturated heterocycles. The number of ketones is 1. The Balaban J connectivity index is 1.40. The lowest BCUT2D eigenvalue weighted by molar-refractivity contribution is -0.130. The van der Waals surface area contributed by atoms with Crippen LogP contribution in [0.15, 0.2) is 34.9 Å². The van der Waals surface area contributed by atoms with Crippen molar-refractivity contribution < 1.29 is 28.4 Å². The minimum absolute atomic E-state index is 0.352. The molecule has 0 saturated carbocycles. The fraction of sp³-hybridized carbons (Fsp3) is 0.333. The molecule has 0 spiro atoms. The molecule has 10 nitrogen and oxygen atoms in total. The predicted octanol–water partition coefficient (Wildman–Crippen LogP) is 2.81. The summed E-state index contributed by atoms with van der Waals surface area (Å²) in [6.45, 7) is 7.50. The Kier molecular flexibility index (Phi) is 4.96. The summed E-state index contributed by atoms with van der Waals surface area (Å²) < 4.78 is 18.1. The van der Waals surface area contributed by atoms with Crippen molar-refractivity contribution in [3.63, 3.8) is 0 Å². The van der Waals surface area contributed by atoms with Crippen LogP contribution >= 0.6 is 0 Å². The third-order valence-electron chi connectivity index (χ3n) is 6.27. The van der Waals surface area contributed by atoms with Crippen molar-refractivity contribution in [1.82, 2.24) is 19.9 Å². The largest absolute Gasteiger partial charge is 0.486 e. The van der Waals surface area contributed by atoms with Crippen molar-refractivity contribution >= 4 is 17.7 Å². The van der Waals surface area contributed by atoms with Gasteiger partial charge in [-0.1, -0.05) is 11.2 Å². The molecule has 2 aliphatic rings. The number of carbonyl (C=O) groups is 3. The van der Waals surface area contributed by atoms with Crippen LogP contribution in [0.25, 0.3) is 5.82 Å². The predicted molar refractivity (Wildman–Crippen MR) is 119 cm³/mol. The van der Waals surface area contributed by atoms with Crippen LogP contribution in [0.4, 0.5) is 4.79 Å². The maximum atomic E-state index is 13.3. The Morgan fingerprint density at radius 1 is 1.09 bits per heavy atom. The maximum Gasteiger partial charge on any atom is 0.325 e. The number of Topliss-reactive ketones (excluding diaryl/α,β-unsaturated/α-hetero) is 1. The van der Waals surface area contributed by atoms with E-state index in [9.17, 15) is 14.4 Å². The van der Waals surface area contributed by atoms with Crippen LogP contribution in [0.2, 0.25) is 0 Å². The van der Waals surface area contributed by atoms with Gasteiger partial charge in [0.25, 0.3) is 5.91 Å². The molecule has 10 heteroatoms. The topological polar surface area (TPSA) is 116 Å². The first-order chi connectivity index (χ1) is 16.2. The zero-order valence-corrected chi connectivity index (χ0v) is 19.3. The van der Waals surface area contributed by atoms with E-state index in [1.165, 1.54) is 0 Å². The second-order valence-electron chi connectivity index (χ2n) is 8.64. The van der Waals surface area contributed by atoms with Gasteiger partial charge in [-0.05, 0) is 51.5 Å². The van der Waals surface area contributed by atoms with Gasteiger partial charge in [0.2, 0.25) is 0 Å². The number of nitrogens with one attached hydrogen (secondary N) is 1. The zero-order chi connectivity index (χ0) is 24.2. The summed E-state index contributed by atoms with van der Waals surface area (Å²) >= 11 is 0. The number of amides is 3. The Labute approximate surface area is 195 Å². The fourth-order valence-electron chi connectivity index (χ4n) is 4.48. The Morgan fingerprint density at radius 2 is 1.82 bits per heavy atom. The van der Waals surface area contributed by atoms with Crippen LogP contribution in [0.3, 0.4) is 0 Å². The number of ether oxygens (including phenoxy) is 2. The summed E-state index contributed by atoms with van der Waals surface area (Å²) in [6, 6.07) is 7.97. The second kappa shape index (κ2) is 7.75. The van der Waals surface area contributed by atoms with Gasteiger partial charge in [0.15, 0.2) is 23.1 Å². The van der Waals surface area contributed by atoms with E-state index < -0.39 is 17.5 Å². The second-order valence-corrected chi connectivity index (χ2v) is 8.64. The molecule has 2 aromatic heterocycles. The van der Waals surface area contributed by atoms with Gasteiger partial charge in [0, 0.05) is 23.0 Å². The van der Waals surface area contributed by atoms with Gasteiger partial charge in [-0.2, -0.15) is 0 Å². The Bertz CT molecular complexity index is 1340. The minimum Gasteiger partial charge on any atom is -0.486 e. The number of aromatic nitrogens is 2. The van der Waals surface area contributed by atoms with Crippen molar-refractivity contribution in [2.24, 2.45) is 0 Å². The van der Waals surface area contributed by atoms with Crippen molar-refractivity contribution in [3.05, 3.63) is 58.6 Å².